The number of ether oxygens (including phenoxy) is 1. The Kier molecular flexibility index (Phi) is 8.94. The van der Waals surface area contributed by atoms with Gasteiger partial charge in [0, 0.05) is 34.7 Å². The highest BCUT2D eigenvalue weighted by molar-refractivity contribution is 6.30. The third-order valence-corrected chi connectivity index (χ3v) is 6.15. The molecule has 1 aliphatic heterocycles. The molecular formula is C25H22Cl3F3N2O2. The quantitative estimate of drug-likeness (QED) is 0.366. The van der Waals surface area contributed by atoms with E-state index in [9.17, 15) is 18.0 Å². The number of alkyl halides is 3. The third kappa shape index (κ3) is 7.27. The monoisotopic (exact) mass is 544 g/mol. The van der Waals surface area contributed by atoms with Gasteiger partial charge in [-0.05, 0) is 66.1 Å². The molecule has 3 aromatic rings. The molecule has 0 bridgehead atoms. The smallest absolute Gasteiger partial charge is 0.406 e. The molecule has 1 atom stereocenters. The normalized spacial score (nSPS) is 16.1. The van der Waals surface area contributed by atoms with Crippen LogP contribution in [-0.4, -0.2) is 36.3 Å². The van der Waals surface area contributed by atoms with E-state index in [0.717, 1.165) is 36.2 Å². The Morgan fingerprint density at radius 1 is 0.914 bits per heavy atom. The first kappa shape index (κ1) is 27.1. The van der Waals surface area contributed by atoms with Crippen LogP contribution in [-0.2, 0) is 0 Å². The van der Waals surface area contributed by atoms with Gasteiger partial charge >= 0.3 is 6.36 Å². The number of nitrogens with one attached hydrogen (secondary N) is 1. The number of amides is 1. The molecule has 0 aromatic heterocycles. The Labute approximate surface area is 217 Å². The van der Waals surface area contributed by atoms with E-state index >= 15 is 0 Å². The van der Waals surface area contributed by atoms with E-state index in [-0.39, 0.29) is 41.7 Å². The van der Waals surface area contributed by atoms with Gasteiger partial charge in [0.25, 0.3) is 5.91 Å². The van der Waals surface area contributed by atoms with E-state index in [2.05, 4.69) is 15.0 Å². The van der Waals surface area contributed by atoms with Gasteiger partial charge in [0.2, 0.25) is 0 Å². The van der Waals surface area contributed by atoms with Crippen LogP contribution < -0.4 is 10.1 Å². The van der Waals surface area contributed by atoms with Crippen LogP contribution >= 0.6 is 35.6 Å². The summed E-state index contributed by atoms with van der Waals surface area (Å²) in [5, 5.41) is 4.28. The largest absolute Gasteiger partial charge is 0.573 e. The highest BCUT2D eigenvalue weighted by Gasteiger charge is 2.32. The van der Waals surface area contributed by atoms with Crippen LogP contribution in [0.2, 0.25) is 10.0 Å². The van der Waals surface area contributed by atoms with Gasteiger partial charge in [0.15, 0.2) is 0 Å². The molecule has 0 spiro atoms. The van der Waals surface area contributed by atoms with Crippen molar-refractivity contribution in [2.75, 3.05) is 13.1 Å². The zero-order valence-electron chi connectivity index (χ0n) is 18.3. The molecule has 4 rings (SSSR count). The van der Waals surface area contributed by atoms with Crippen molar-refractivity contribution in [3.63, 3.8) is 0 Å². The average molecular weight is 546 g/mol. The summed E-state index contributed by atoms with van der Waals surface area (Å²) in [7, 11) is 0. The number of rotatable bonds is 6. The molecule has 4 nitrogen and oxygen atoms in total. The van der Waals surface area contributed by atoms with Crippen molar-refractivity contribution < 1.29 is 22.7 Å². The van der Waals surface area contributed by atoms with Crippen LogP contribution in [0.25, 0.3) is 0 Å². The lowest BCUT2D eigenvalue weighted by atomic mass is 9.97. The van der Waals surface area contributed by atoms with Crippen LogP contribution in [0.5, 0.6) is 5.75 Å². The van der Waals surface area contributed by atoms with Crippen molar-refractivity contribution in [3.8, 4) is 5.75 Å². The van der Waals surface area contributed by atoms with Gasteiger partial charge in [-0.3, -0.25) is 9.69 Å². The molecule has 186 valence electrons. The molecule has 0 unspecified atom stereocenters. The number of hydrogen-bond donors (Lipinski definition) is 1. The molecule has 1 amide bonds. The topological polar surface area (TPSA) is 41.6 Å². The predicted molar refractivity (Wildman–Crippen MR) is 133 cm³/mol. The van der Waals surface area contributed by atoms with Crippen molar-refractivity contribution in [1.29, 1.82) is 0 Å². The molecule has 0 aliphatic carbocycles. The molecule has 1 heterocycles. The second kappa shape index (κ2) is 11.5. The van der Waals surface area contributed by atoms with E-state index in [0.29, 0.717) is 16.6 Å². The Hall–Kier alpha value is -2.45. The summed E-state index contributed by atoms with van der Waals surface area (Å²) in [6.07, 6.45) is -4.04. The van der Waals surface area contributed by atoms with Gasteiger partial charge in [-0.2, -0.15) is 0 Å². The zero-order valence-corrected chi connectivity index (χ0v) is 20.6. The van der Waals surface area contributed by atoms with Crippen molar-refractivity contribution in [2.45, 2.75) is 24.9 Å². The van der Waals surface area contributed by atoms with Gasteiger partial charge in [-0.15, -0.1) is 25.6 Å². The molecule has 1 fully saturated rings. The standard InChI is InChI=1S/C25H21Cl2F3N2O2.ClH/c26-19-7-1-16(2-8-19)23(17-3-9-20(27)10-4-17)32-14-13-21(15-32)31-24(33)18-5-11-22(12-6-18)34-25(28,29)30;/h1-12,21,23H,13-15H2,(H,31,33);1H/t21-;/m1./s1. The highest BCUT2D eigenvalue weighted by atomic mass is 35.5. The summed E-state index contributed by atoms with van der Waals surface area (Å²) in [6, 6.07) is 20.1. The lowest BCUT2D eigenvalue weighted by Gasteiger charge is -2.29. The molecule has 0 radical (unpaired) electrons. The molecule has 1 N–H and O–H groups in total. The molecule has 10 heteroatoms. The lowest BCUT2D eigenvalue weighted by Crippen LogP contribution is -2.38. The first-order chi connectivity index (χ1) is 16.2. The molecule has 3 aromatic carbocycles. The first-order valence-electron chi connectivity index (χ1n) is 10.6. The van der Waals surface area contributed by atoms with Gasteiger partial charge in [0.1, 0.15) is 5.75 Å². The first-order valence-corrected chi connectivity index (χ1v) is 11.4. The maximum absolute atomic E-state index is 12.7. The van der Waals surface area contributed by atoms with Crippen LogP contribution in [0.1, 0.15) is 33.9 Å². The average Bonchev–Trinajstić information content (AvgIpc) is 3.24. The number of likely N-dealkylation sites (tertiary alicyclic amines) is 1. The summed E-state index contributed by atoms with van der Waals surface area (Å²) in [6.45, 7) is 1.36. The third-order valence-electron chi connectivity index (χ3n) is 5.64. The van der Waals surface area contributed by atoms with Crippen molar-refractivity contribution in [2.24, 2.45) is 0 Å². The van der Waals surface area contributed by atoms with E-state index in [1.165, 1.54) is 12.1 Å². The van der Waals surface area contributed by atoms with Gasteiger partial charge in [-0.1, -0.05) is 47.5 Å². The Balaban J connectivity index is 0.00000342. The maximum Gasteiger partial charge on any atom is 0.573 e. The Morgan fingerprint density at radius 3 is 1.91 bits per heavy atom. The summed E-state index contributed by atoms with van der Waals surface area (Å²) >= 11 is 12.2. The predicted octanol–water partition coefficient (Wildman–Crippen LogP) is 6.91. The van der Waals surface area contributed by atoms with Crippen LogP contribution in [0.4, 0.5) is 13.2 Å². The van der Waals surface area contributed by atoms with Gasteiger partial charge in [-0.25, -0.2) is 0 Å². The fourth-order valence-electron chi connectivity index (χ4n) is 4.12. The maximum atomic E-state index is 12.7. The Morgan fingerprint density at radius 2 is 1.43 bits per heavy atom. The minimum absolute atomic E-state index is 0. The molecule has 35 heavy (non-hydrogen) atoms. The highest BCUT2D eigenvalue weighted by Crippen LogP contribution is 2.33. The number of benzene rings is 3. The minimum Gasteiger partial charge on any atom is -0.406 e. The summed E-state index contributed by atoms with van der Waals surface area (Å²) in [5.41, 5.74) is 2.40. The minimum atomic E-state index is -4.78. The number of carbonyl (C=O) groups excluding carboxylic acids is 1. The van der Waals surface area contributed by atoms with Crippen molar-refractivity contribution in [1.82, 2.24) is 10.2 Å². The second-order valence-electron chi connectivity index (χ2n) is 8.03. The molecular weight excluding hydrogens is 524 g/mol. The molecule has 1 saturated heterocycles. The number of carbonyl (C=O) groups is 1. The molecule has 1 aliphatic rings. The SMILES string of the molecule is Cl.O=C(N[C@@H]1CCN(C(c2ccc(Cl)cc2)c2ccc(Cl)cc2)C1)c1ccc(OC(F)(F)F)cc1. The molecule has 0 saturated carbocycles. The van der Waals surface area contributed by atoms with Crippen LogP contribution in [0.15, 0.2) is 72.8 Å². The second-order valence-corrected chi connectivity index (χ2v) is 8.90. The Bertz CT molecular complexity index is 1080. The van der Waals surface area contributed by atoms with E-state index in [1.807, 2.05) is 48.5 Å². The van der Waals surface area contributed by atoms with E-state index in [1.54, 1.807) is 0 Å². The summed E-state index contributed by atoms with van der Waals surface area (Å²) in [5.74, 6) is -0.718. The van der Waals surface area contributed by atoms with Gasteiger partial charge < -0.3 is 10.1 Å². The summed E-state index contributed by atoms with van der Waals surface area (Å²) in [4.78, 5) is 14.9. The number of nitrogens with zero attached hydrogens (tertiary/aromatic N) is 1. The van der Waals surface area contributed by atoms with E-state index < -0.39 is 6.36 Å². The van der Waals surface area contributed by atoms with Crippen LogP contribution in [0, 0.1) is 0 Å². The lowest BCUT2D eigenvalue weighted by molar-refractivity contribution is -0.274. The van der Waals surface area contributed by atoms with Crippen molar-refractivity contribution in [3.05, 3.63) is 99.5 Å². The van der Waals surface area contributed by atoms with Crippen LogP contribution in [0.3, 0.4) is 0 Å². The summed E-state index contributed by atoms with van der Waals surface area (Å²) < 4.78 is 40.9. The van der Waals surface area contributed by atoms with Gasteiger partial charge in [0.05, 0.1) is 6.04 Å². The fraction of sp³-hybridized carbons (Fsp3) is 0.240. The zero-order chi connectivity index (χ0) is 24.3. The number of hydrogen-bond acceptors (Lipinski definition) is 3. The van der Waals surface area contributed by atoms with Crippen molar-refractivity contribution >= 4 is 41.5 Å². The number of halogens is 6. The van der Waals surface area contributed by atoms with E-state index in [4.69, 9.17) is 23.2 Å². The fourth-order valence-corrected chi connectivity index (χ4v) is 4.37.